The second kappa shape index (κ2) is 6.48. The van der Waals surface area contributed by atoms with E-state index in [2.05, 4.69) is 35.4 Å². The van der Waals surface area contributed by atoms with Crippen molar-refractivity contribution < 1.29 is 4.79 Å². The van der Waals surface area contributed by atoms with Gasteiger partial charge in [-0.2, -0.15) is 0 Å². The van der Waals surface area contributed by atoms with Crippen LogP contribution in [0.3, 0.4) is 0 Å². The lowest BCUT2D eigenvalue weighted by Gasteiger charge is -2.05. The molecular weight excluding hydrogens is 272 g/mol. The molecule has 0 bridgehead atoms. The molecule has 22 heavy (non-hydrogen) atoms. The highest BCUT2D eigenvalue weighted by Gasteiger charge is 2.04. The van der Waals surface area contributed by atoms with Crippen molar-refractivity contribution in [3.05, 3.63) is 54.6 Å². The molecule has 1 amide bonds. The average Bonchev–Trinajstić information content (AvgIpc) is 2.97. The zero-order valence-corrected chi connectivity index (χ0v) is 12.7. The molecule has 0 radical (unpaired) electrons. The minimum Gasteiger partial charge on any atom is -0.355 e. The summed E-state index contributed by atoms with van der Waals surface area (Å²) in [5.74, 6) is 0.0835. The summed E-state index contributed by atoms with van der Waals surface area (Å²) < 4.78 is 0. The fourth-order valence-electron chi connectivity index (χ4n) is 2.52. The topological polar surface area (TPSA) is 44.9 Å². The van der Waals surface area contributed by atoms with Gasteiger partial charge in [-0.25, -0.2) is 0 Å². The third kappa shape index (κ3) is 3.19. The van der Waals surface area contributed by atoms with Crippen LogP contribution in [0.1, 0.15) is 26.2 Å². The summed E-state index contributed by atoms with van der Waals surface area (Å²) in [4.78, 5) is 15.1. The van der Waals surface area contributed by atoms with Gasteiger partial charge in [0.25, 0.3) is 0 Å². The normalized spacial score (nSPS) is 10.8. The second-order valence-electron chi connectivity index (χ2n) is 5.50. The Balaban J connectivity index is 1.74. The fourth-order valence-corrected chi connectivity index (χ4v) is 2.52. The van der Waals surface area contributed by atoms with E-state index in [1.165, 1.54) is 5.39 Å². The van der Waals surface area contributed by atoms with E-state index in [4.69, 9.17) is 0 Å². The summed E-state index contributed by atoms with van der Waals surface area (Å²) in [5.41, 5.74) is 4.18. The summed E-state index contributed by atoms with van der Waals surface area (Å²) in [6, 6.07) is 18.3. The Morgan fingerprint density at radius 1 is 1.09 bits per heavy atom. The molecule has 0 aliphatic rings. The lowest BCUT2D eigenvalue weighted by Crippen LogP contribution is -2.10. The molecule has 3 nitrogen and oxygen atoms in total. The number of para-hydroxylation sites is 1. The van der Waals surface area contributed by atoms with Gasteiger partial charge in [0, 0.05) is 28.7 Å². The number of benzene rings is 2. The van der Waals surface area contributed by atoms with Crippen LogP contribution in [-0.4, -0.2) is 10.9 Å². The molecule has 2 aromatic carbocycles. The number of carbonyl (C=O) groups excluding carboxylic acids is 1. The van der Waals surface area contributed by atoms with E-state index >= 15 is 0 Å². The quantitative estimate of drug-likeness (QED) is 0.685. The number of anilines is 1. The molecule has 3 rings (SSSR count). The van der Waals surface area contributed by atoms with Crippen LogP contribution < -0.4 is 5.32 Å². The van der Waals surface area contributed by atoms with E-state index in [9.17, 15) is 4.79 Å². The van der Waals surface area contributed by atoms with Crippen molar-refractivity contribution in [2.75, 3.05) is 5.32 Å². The predicted octanol–water partition coefficient (Wildman–Crippen LogP) is 4.96. The van der Waals surface area contributed by atoms with E-state index < -0.39 is 0 Å². The SMILES string of the molecule is CCCCC(=O)Nc1ccc(-c2cc3ccccc3[nH]2)cc1. The van der Waals surface area contributed by atoms with Gasteiger partial charge >= 0.3 is 0 Å². The van der Waals surface area contributed by atoms with Crippen LogP contribution in [0.25, 0.3) is 22.2 Å². The van der Waals surface area contributed by atoms with Crippen molar-refractivity contribution in [1.29, 1.82) is 0 Å². The number of aromatic nitrogens is 1. The molecule has 0 saturated heterocycles. The van der Waals surface area contributed by atoms with Crippen molar-refractivity contribution >= 4 is 22.5 Å². The Hall–Kier alpha value is -2.55. The molecule has 1 aromatic heterocycles. The molecule has 112 valence electrons. The maximum atomic E-state index is 11.7. The number of aromatic amines is 1. The van der Waals surface area contributed by atoms with Crippen LogP contribution in [0.2, 0.25) is 0 Å². The third-order valence-corrected chi connectivity index (χ3v) is 3.77. The summed E-state index contributed by atoms with van der Waals surface area (Å²) in [6.07, 6.45) is 2.55. The van der Waals surface area contributed by atoms with Gasteiger partial charge in [-0.3, -0.25) is 4.79 Å². The van der Waals surface area contributed by atoms with Gasteiger partial charge in [0.15, 0.2) is 0 Å². The predicted molar refractivity (Wildman–Crippen MR) is 91.9 cm³/mol. The minimum atomic E-state index is 0.0835. The third-order valence-electron chi connectivity index (χ3n) is 3.77. The van der Waals surface area contributed by atoms with Gasteiger partial charge < -0.3 is 10.3 Å². The van der Waals surface area contributed by atoms with Crippen LogP contribution in [0.5, 0.6) is 0 Å². The molecule has 0 saturated carbocycles. The number of carbonyl (C=O) groups is 1. The Labute approximate surface area is 130 Å². The van der Waals surface area contributed by atoms with Gasteiger partial charge in [-0.05, 0) is 36.2 Å². The van der Waals surface area contributed by atoms with Gasteiger partial charge in [-0.1, -0.05) is 43.7 Å². The van der Waals surface area contributed by atoms with Crippen LogP contribution >= 0.6 is 0 Å². The largest absolute Gasteiger partial charge is 0.355 e. The lowest BCUT2D eigenvalue weighted by molar-refractivity contribution is -0.116. The molecule has 0 unspecified atom stereocenters. The number of hydrogen-bond donors (Lipinski definition) is 2. The first-order valence-electron chi connectivity index (χ1n) is 7.74. The van der Waals surface area contributed by atoms with E-state index in [1.807, 2.05) is 36.4 Å². The Kier molecular flexibility index (Phi) is 4.24. The highest BCUT2D eigenvalue weighted by atomic mass is 16.1. The number of unbranched alkanes of at least 4 members (excludes halogenated alkanes) is 1. The van der Waals surface area contributed by atoms with Crippen LogP contribution in [0, 0.1) is 0 Å². The summed E-state index contributed by atoms with van der Waals surface area (Å²) in [6.45, 7) is 2.09. The number of amides is 1. The summed E-state index contributed by atoms with van der Waals surface area (Å²) in [5, 5.41) is 4.14. The molecule has 3 aromatic rings. The van der Waals surface area contributed by atoms with E-state index in [0.717, 1.165) is 35.3 Å². The first-order chi connectivity index (χ1) is 10.8. The highest BCUT2D eigenvalue weighted by Crippen LogP contribution is 2.25. The molecule has 1 heterocycles. The number of rotatable bonds is 5. The maximum absolute atomic E-state index is 11.7. The molecule has 3 heteroatoms. The lowest BCUT2D eigenvalue weighted by atomic mass is 10.1. The van der Waals surface area contributed by atoms with Crippen LogP contribution in [0.15, 0.2) is 54.6 Å². The van der Waals surface area contributed by atoms with Crippen molar-refractivity contribution in [2.24, 2.45) is 0 Å². The second-order valence-corrected chi connectivity index (χ2v) is 5.50. The van der Waals surface area contributed by atoms with E-state index in [-0.39, 0.29) is 5.91 Å². The molecule has 2 N–H and O–H groups in total. The molecule has 0 atom stereocenters. The Morgan fingerprint density at radius 2 is 1.86 bits per heavy atom. The Morgan fingerprint density at radius 3 is 2.59 bits per heavy atom. The van der Waals surface area contributed by atoms with Gasteiger partial charge in [0.05, 0.1) is 0 Å². The van der Waals surface area contributed by atoms with Gasteiger partial charge in [-0.15, -0.1) is 0 Å². The monoisotopic (exact) mass is 292 g/mol. The molecule has 0 spiro atoms. The smallest absolute Gasteiger partial charge is 0.224 e. The summed E-state index contributed by atoms with van der Waals surface area (Å²) in [7, 11) is 0. The first-order valence-corrected chi connectivity index (χ1v) is 7.74. The number of fused-ring (bicyclic) bond motifs is 1. The van der Waals surface area contributed by atoms with Crippen molar-refractivity contribution in [3.63, 3.8) is 0 Å². The number of nitrogens with one attached hydrogen (secondary N) is 2. The van der Waals surface area contributed by atoms with E-state index in [1.54, 1.807) is 0 Å². The van der Waals surface area contributed by atoms with Crippen molar-refractivity contribution in [1.82, 2.24) is 4.98 Å². The van der Waals surface area contributed by atoms with Gasteiger partial charge in [0.2, 0.25) is 5.91 Å². The van der Waals surface area contributed by atoms with E-state index in [0.29, 0.717) is 6.42 Å². The number of H-pyrrole nitrogens is 1. The van der Waals surface area contributed by atoms with Crippen molar-refractivity contribution in [3.8, 4) is 11.3 Å². The first kappa shape index (κ1) is 14.4. The zero-order chi connectivity index (χ0) is 15.4. The minimum absolute atomic E-state index is 0.0835. The molecular formula is C19H20N2O. The molecule has 0 aliphatic carbocycles. The fraction of sp³-hybridized carbons (Fsp3) is 0.211. The molecule has 0 aliphatic heterocycles. The molecule has 0 fully saturated rings. The maximum Gasteiger partial charge on any atom is 0.224 e. The highest BCUT2D eigenvalue weighted by molar-refractivity contribution is 5.91. The van der Waals surface area contributed by atoms with Crippen molar-refractivity contribution in [2.45, 2.75) is 26.2 Å². The van der Waals surface area contributed by atoms with Crippen LogP contribution in [0.4, 0.5) is 5.69 Å². The summed E-state index contributed by atoms with van der Waals surface area (Å²) >= 11 is 0. The number of hydrogen-bond acceptors (Lipinski definition) is 1. The Bertz CT molecular complexity index is 738. The van der Waals surface area contributed by atoms with Crippen LogP contribution in [-0.2, 0) is 4.79 Å². The standard InChI is InChI=1S/C19H20N2O/c1-2-3-8-19(22)20-16-11-9-14(10-12-16)18-13-15-6-4-5-7-17(15)21-18/h4-7,9-13,21H,2-3,8H2,1H3,(H,20,22). The van der Waals surface area contributed by atoms with Gasteiger partial charge in [0.1, 0.15) is 0 Å². The average molecular weight is 292 g/mol. The zero-order valence-electron chi connectivity index (χ0n) is 12.7.